The van der Waals surface area contributed by atoms with E-state index in [4.69, 9.17) is 0 Å². The van der Waals surface area contributed by atoms with Crippen LogP contribution in [-0.2, 0) is 5.41 Å². The van der Waals surface area contributed by atoms with E-state index in [1.165, 1.54) is 120 Å². The molecule has 0 amide bonds. The highest BCUT2D eigenvalue weighted by molar-refractivity contribution is 6.01. The summed E-state index contributed by atoms with van der Waals surface area (Å²) in [6.45, 7) is 0. The van der Waals surface area contributed by atoms with E-state index in [9.17, 15) is 0 Å². The smallest absolute Gasteiger partial charge is 0.0622 e. The van der Waals surface area contributed by atoms with Gasteiger partial charge < -0.3 is 0 Å². The number of fused-ring (bicyclic) bond motifs is 10. The van der Waals surface area contributed by atoms with Gasteiger partial charge >= 0.3 is 0 Å². The quantitative estimate of drug-likeness (QED) is 0.167. The average molecular weight is 785 g/mol. The van der Waals surface area contributed by atoms with Crippen LogP contribution in [0.3, 0.4) is 0 Å². The molecule has 0 radical (unpaired) electrons. The van der Waals surface area contributed by atoms with Gasteiger partial charge in [-0.3, -0.25) is 0 Å². The molecule has 4 fully saturated rings. The normalized spacial score (nSPS) is 29.7. The maximum absolute atomic E-state index is 2.86. The van der Waals surface area contributed by atoms with Crippen LogP contribution in [0.2, 0.25) is 0 Å². The largest absolute Gasteiger partial charge is 0.0726 e. The molecule has 10 aliphatic rings. The molecule has 4 atom stereocenters. The minimum absolute atomic E-state index is 0.394. The molecule has 296 valence electrons. The van der Waals surface area contributed by atoms with E-state index in [2.05, 4.69) is 146 Å². The van der Waals surface area contributed by atoms with Crippen LogP contribution in [-0.4, -0.2) is 0 Å². The van der Waals surface area contributed by atoms with E-state index in [1.54, 1.807) is 44.5 Å². The molecular weight excluding hydrogens is 733 g/mol. The van der Waals surface area contributed by atoms with E-state index in [0.717, 1.165) is 35.5 Å². The van der Waals surface area contributed by atoms with Crippen molar-refractivity contribution in [3.8, 4) is 55.6 Å². The number of hydrogen-bond acceptors (Lipinski definition) is 0. The molecule has 0 saturated heterocycles. The first-order chi connectivity index (χ1) is 30.2. The second kappa shape index (κ2) is 12.3. The Balaban J connectivity index is 1.06. The number of rotatable bonds is 3. The van der Waals surface area contributed by atoms with Gasteiger partial charge in [0.2, 0.25) is 0 Å². The van der Waals surface area contributed by atoms with Crippen LogP contribution in [0.4, 0.5) is 0 Å². The summed E-state index contributed by atoms with van der Waals surface area (Å²) in [5.74, 6) is 6.44. The van der Waals surface area contributed by atoms with Gasteiger partial charge in [-0.25, -0.2) is 0 Å². The maximum Gasteiger partial charge on any atom is 0.0726 e. The van der Waals surface area contributed by atoms with Crippen LogP contribution in [0.1, 0.15) is 132 Å². The first-order valence-electron chi connectivity index (χ1n) is 24.0. The van der Waals surface area contributed by atoms with Gasteiger partial charge in [-0.2, -0.15) is 0 Å². The fourth-order valence-electron chi connectivity index (χ4n) is 16.2. The Kier molecular flexibility index (Phi) is 6.91. The molecule has 0 N–H and O–H groups in total. The first-order valence-corrected chi connectivity index (χ1v) is 24.0. The zero-order valence-electron chi connectivity index (χ0n) is 35.0. The van der Waals surface area contributed by atoms with Gasteiger partial charge in [0.25, 0.3) is 0 Å². The fourth-order valence-corrected chi connectivity index (χ4v) is 16.2. The van der Waals surface area contributed by atoms with Crippen molar-refractivity contribution in [2.45, 2.75) is 93.3 Å². The van der Waals surface area contributed by atoms with Gasteiger partial charge in [-0.1, -0.05) is 140 Å². The summed E-state index contributed by atoms with van der Waals surface area (Å²) in [7, 11) is 0. The van der Waals surface area contributed by atoms with Crippen molar-refractivity contribution in [2.75, 3.05) is 0 Å². The summed E-state index contributed by atoms with van der Waals surface area (Å²) in [6, 6.07) is 57.8. The van der Waals surface area contributed by atoms with E-state index >= 15 is 0 Å². The summed E-state index contributed by atoms with van der Waals surface area (Å²) >= 11 is 0. The van der Waals surface area contributed by atoms with Gasteiger partial charge in [0.15, 0.2) is 0 Å². The average Bonchev–Trinajstić information content (AvgIpc) is 3.60. The molecule has 61 heavy (non-hydrogen) atoms. The Bertz CT molecular complexity index is 2870. The van der Waals surface area contributed by atoms with Crippen LogP contribution in [0.25, 0.3) is 55.6 Å². The van der Waals surface area contributed by atoms with Crippen LogP contribution < -0.4 is 0 Å². The van der Waals surface area contributed by atoms with E-state index in [0.29, 0.717) is 11.8 Å². The summed E-state index contributed by atoms with van der Waals surface area (Å²) in [5.41, 5.74) is 26.5. The van der Waals surface area contributed by atoms with Gasteiger partial charge in [-0.15, -0.1) is 0 Å². The van der Waals surface area contributed by atoms with Crippen molar-refractivity contribution >= 4 is 0 Å². The molecule has 1 spiro atoms. The van der Waals surface area contributed by atoms with Crippen LogP contribution in [0, 0.1) is 23.7 Å². The van der Waals surface area contributed by atoms with Gasteiger partial charge in [0.05, 0.1) is 5.41 Å². The van der Waals surface area contributed by atoms with Crippen molar-refractivity contribution in [1.82, 2.24) is 0 Å². The SMILES string of the molecule is c1ccc(-c2ccccc2-c2ccc3c(c2)C2(c4cc5c(cc4-c4cc6c(cc42)C2CC4CC(CC6C4)C2)C2CC4CC(C2)CC5C4)c2cccc(-c4ccccc4)c2-3)cc1. The van der Waals surface area contributed by atoms with Gasteiger partial charge in [0.1, 0.15) is 0 Å². The Morgan fingerprint density at radius 1 is 0.279 bits per heavy atom. The lowest BCUT2D eigenvalue weighted by Gasteiger charge is -2.38. The first kappa shape index (κ1) is 34.2. The van der Waals surface area contributed by atoms with Crippen molar-refractivity contribution in [2.24, 2.45) is 23.7 Å². The molecule has 0 heterocycles. The van der Waals surface area contributed by atoms with Crippen molar-refractivity contribution < 1.29 is 0 Å². The maximum atomic E-state index is 2.86. The molecule has 17 rings (SSSR count). The predicted molar refractivity (Wildman–Crippen MR) is 250 cm³/mol. The van der Waals surface area contributed by atoms with Crippen molar-refractivity contribution in [3.63, 3.8) is 0 Å². The third-order valence-corrected chi connectivity index (χ3v) is 18.1. The number of benzene rings is 7. The Morgan fingerprint density at radius 2 is 0.705 bits per heavy atom. The molecule has 8 bridgehead atoms. The molecule has 10 aliphatic carbocycles. The molecule has 4 unspecified atom stereocenters. The Hall–Kier alpha value is -5.46. The molecule has 7 aromatic rings. The molecule has 0 heteroatoms. The predicted octanol–water partition coefficient (Wildman–Crippen LogP) is 15.8. The molecular formula is C61H52. The topological polar surface area (TPSA) is 0 Å². The Labute approximate surface area is 361 Å². The zero-order valence-corrected chi connectivity index (χ0v) is 35.0. The van der Waals surface area contributed by atoms with E-state index in [1.807, 2.05) is 0 Å². The lowest BCUT2D eigenvalue weighted by molar-refractivity contribution is 0.165. The monoisotopic (exact) mass is 784 g/mol. The lowest BCUT2D eigenvalue weighted by Crippen LogP contribution is -2.27. The highest BCUT2D eigenvalue weighted by Crippen LogP contribution is 2.68. The van der Waals surface area contributed by atoms with Crippen LogP contribution in [0.5, 0.6) is 0 Å². The summed E-state index contributed by atoms with van der Waals surface area (Å²) in [5, 5.41) is 0. The third kappa shape index (κ3) is 4.62. The van der Waals surface area contributed by atoms with Crippen LogP contribution in [0.15, 0.2) is 146 Å². The molecule has 7 aromatic carbocycles. The highest BCUT2D eigenvalue weighted by atomic mass is 14.6. The second-order valence-electron chi connectivity index (χ2n) is 21.2. The lowest BCUT2D eigenvalue weighted by atomic mass is 9.66. The summed E-state index contributed by atoms with van der Waals surface area (Å²) in [6.07, 6.45) is 14.1. The fraction of sp³-hybridized carbons (Fsp3) is 0.311. The third-order valence-electron chi connectivity index (χ3n) is 18.1. The second-order valence-corrected chi connectivity index (χ2v) is 21.2. The van der Waals surface area contributed by atoms with Gasteiger partial charge in [-0.05, 0) is 218 Å². The van der Waals surface area contributed by atoms with E-state index < -0.39 is 5.41 Å². The summed E-state index contributed by atoms with van der Waals surface area (Å²) < 4.78 is 0. The van der Waals surface area contributed by atoms with Gasteiger partial charge in [0, 0.05) is 0 Å². The van der Waals surface area contributed by atoms with E-state index in [-0.39, 0.29) is 0 Å². The molecule has 4 saturated carbocycles. The number of hydrogen-bond donors (Lipinski definition) is 0. The van der Waals surface area contributed by atoms with Crippen molar-refractivity contribution in [1.29, 1.82) is 0 Å². The minimum Gasteiger partial charge on any atom is -0.0622 e. The standard InChI is InChI=1S/C61H52/c1-3-10-39(11-4-1)46-14-7-8-15-47(46)41-18-19-49-57(30-41)61(56-17-9-16-48(60(49)56)40-12-5-2-6-13-40)58-33-52-44-26-35-20-36(27-44)23-42(22-35)50(52)31-54(58)55-32-51-43-24-37-21-38(25-43)29-45(28-37)53(51)34-59(55)61/h1-19,30-38,42-45H,20-29H2. The van der Waals surface area contributed by atoms with Crippen molar-refractivity contribution in [3.05, 3.63) is 190 Å². The van der Waals surface area contributed by atoms with Crippen LogP contribution >= 0.6 is 0 Å². The minimum atomic E-state index is -0.394. The molecule has 0 nitrogen and oxygen atoms in total. The zero-order chi connectivity index (χ0) is 39.6. The molecule has 0 aliphatic heterocycles. The Morgan fingerprint density at radius 3 is 1.23 bits per heavy atom. The molecule has 0 aromatic heterocycles. The summed E-state index contributed by atoms with van der Waals surface area (Å²) in [4.78, 5) is 0. The highest BCUT2D eigenvalue weighted by Gasteiger charge is 2.55.